The topological polar surface area (TPSA) is 84.4 Å². The Balaban J connectivity index is 2.08. The zero-order valence-electron chi connectivity index (χ0n) is 13.1. The van der Waals surface area contributed by atoms with E-state index in [2.05, 4.69) is 4.98 Å². The van der Waals surface area contributed by atoms with Crippen molar-refractivity contribution in [3.05, 3.63) is 62.9 Å². The largest absolute Gasteiger partial charge is 0.497 e. The minimum atomic E-state index is -0.591. The molecular weight excluding hydrogens is 298 g/mol. The maximum atomic E-state index is 12.4. The predicted molar refractivity (Wildman–Crippen MR) is 85.4 cm³/mol. The van der Waals surface area contributed by atoms with Crippen LogP contribution >= 0.6 is 0 Å². The van der Waals surface area contributed by atoms with E-state index in [1.54, 1.807) is 12.0 Å². The van der Waals surface area contributed by atoms with E-state index < -0.39 is 11.2 Å². The van der Waals surface area contributed by atoms with Crippen LogP contribution in [0.2, 0.25) is 0 Å². The van der Waals surface area contributed by atoms with Crippen molar-refractivity contribution in [2.45, 2.75) is 20.0 Å². The number of rotatable bonds is 6. The maximum Gasteiger partial charge on any atom is 0.328 e. The molecule has 0 saturated carbocycles. The van der Waals surface area contributed by atoms with Crippen molar-refractivity contribution < 1.29 is 9.53 Å². The van der Waals surface area contributed by atoms with Gasteiger partial charge in [-0.05, 0) is 24.6 Å². The SMILES string of the molecule is CCN(Cc1ccc(OC)cc1)C(=O)Cn1ccc(=O)[nH]c1=O. The summed E-state index contributed by atoms with van der Waals surface area (Å²) in [5.41, 5.74) is -0.106. The lowest BCUT2D eigenvalue weighted by atomic mass is 10.2. The number of carbonyl (C=O) groups is 1. The van der Waals surface area contributed by atoms with Crippen molar-refractivity contribution in [1.82, 2.24) is 14.5 Å². The number of benzene rings is 1. The molecule has 0 radical (unpaired) electrons. The number of nitrogens with zero attached hydrogens (tertiary/aromatic N) is 2. The summed E-state index contributed by atoms with van der Waals surface area (Å²) < 4.78 is 6.28. The molecule has 1 N–H and O–H groups in total. The molecule has 0 aliphatic carbocycles. The van der Waals surface area contributed by atoms with E-state index in [1.165, 1.54) is 16.8 Å². The van der Waals surface area contributed by atoms with Crippen LogP contribution in [0.4, 0.5) is 0 Å². The summed E-state index contributed by atoms with van der Waals surface area (Å²) in [6, 6.07) is 8.66. The molecule has 0 spiro atoms. The number of ether oxygens (including phenoxy) is 1. The molecule has 1 heterocycles. The third kappa shape index (κ3) is 4.32. The number of likely N-dealkylation sites (N-methyl/N-ethyl adjacent to an activating group) is 1. The second-order valence-corrected chi connectivity index (χ2v) is 4.99. The van der Waals surface area contributed by atoms with E-state index in [1.807, 2.05) is 31.2 Å². The van der Waals surface area contributed by atoms with E-state index in [9.17, 15) is 14.4 Å². The van der Waals surface area contributed by atoms with E-state index in [0.717, 1.165) is 11.3 Å². The maximum absolute atomic E-state index is 12.4. The first-order chi connectivity index (χ1) is 11.0. The molecule has 0 aliphatic rings. The van der Waals surface area contributed by atoms with Gasteiger partial charge in [-0.1, -0.05) is 12.1 Å². The molecule has 0 fully saturated rings. The summed E-state index contributed by atoms with van der Waals surface area (Å²) in [7, 11) is 1.60. The smallest absolute Gasteiger partial charge is 0.328 e. The first-order valence-corrected chi connectivity index (χ1v) is 7.24. The van der Waals surface area contributed by atoms with Crippen LogP contribution in [-0.4, -0.2) is 34.0 Å². The molecule has 7 heteroatoms. The minimum absolute atomic E-state index is 0.111. The molecule has 2 rings (SSSR count). The van der Waals surface area contributed by atoms with Gasteiger partial charge in [-0.15, -0.1) is 0 Å². The van der Waals surface area contributed by atoms with Gasteiger partial charge >= 0.3 is 5.69 Å². The zero-order chi connectivity index (χ0) is 16.8. The van der Waals surface area contributed by atoms with Gasteiger partial charge in [0.2, 0.25) is 5.91 Å². The first-order valence-electron chi connectivity index (χ1n) is 7.24. The van der Waals surface area contributed by atoms with Crippen LogP contribution in [0.5, 0.6) is 5.75 Å². The Morgan fingerprint density at radius 3 is 2.48 bits per heavy atom. The van der Waals surface area contributed by atoms with Crippen molar-refractivity contribution in [1.29, 1.82) is 0 Å². The summed E-state index contributed by atoms with van der Waals surface area (Å²) in [6.07, 6.45) is 1.32. The van der Waals surface area contributed by atoms with Gasteiger partial charge < -0.3 is 9.64 Å². The molecular formula is C16H19N3O4. The van der Waals surface area contributed by atoms with Crippen molar-refractivity contribution in [3.8, 4) is 5.75 Å². The lowest BCUT2D eigenvalue weighted by Gasteiger charge is -2.21. The van der Waals surface area contributed by atoms with E-state index in [0.29, 0.717) is 13.1 Å². The van der Waals surface area contributed by atoms with Crippen LogP contribution < -0.4 is 16.0 Å². The van der Waals surface area contributed by atoms with Gasteiger partial charge in [0.25, 0.3) is 5.56 Å². The van der Waals surface area contributed by atoms with Crippen LogP contribution in [0.1, 0.15) is 12.5 Å². The molecule has 7 nitrogen and oxygen atoms in total. The fraction of sp³-hybridized carbons (Fsp3) is 0.312. The highest BCUT2D eigenvalue weighted by molar-refractivity contribution is 5.75. The average molecular weight is 317 g/mol. The highest BCUT2D eigenvalue weighted by Crippen LogP contribution is 2.13. The quantitative estimate of drug-likeness (QED) is 0.845. The molecule has 0 bridgehead atoms. The number of nitrogens with one attached hydrogen (secondary N) is 1. The Kier molecular flexibility index (Phi) is 5.35. The number of carbonyl (C=O) groups excluding carboxylic acids is 1. The number of hydrogen-bond acceptors (Lipinski definition) is 4. The molecule has 0 atom stereocenters. The Bertz CT molecular complexity index is 777. The van der Waals surface area contributed by atoms with Crippen molar-refractivity contribution in [3.63, 3.8) is 0 Å². The number of amides is 1. The Morgan fingerprint density at radius 2 is 1.91 bits per heavy atom. The molecule has 1 aromatic heterocycles. The van der Waals surface area contributed by atoms with Crippen molar-refractivity contribution in [2.24, 2.45) is 0 Å². The Labute approximate surface area is 133 Å². The Hall–Kier alpha value is -2.83. The monoisotopic (exact) mass is 317 g/mol. The predicted octanol–water partition coefficient (Wildman–Crippen LogP) is 0.594. The fourth-order valence-corrected chi connectivity index (χ4v) is 2.14. The molecule has 1 amide bonds. The van der Waals surface area contributed by atoms with Gasteiger partial charge in [0.05, 0.1) is 7.11 Å². The van der Waals surface area contributed by atoms with Crippen LogP contribution in [-0.2, 0) is 17.9 Å². The second-order valence-electron chi connectivity index (χ2n) is 4.99. The highest BCUT2D eigenvalue weighted by Gasteiger charge is 2.13. The summed E-state index contributed by atoms with van der Waals surface area (Å²) in [6.45, 7) is 2.72. The summed E-state index contributed by atoms with van der Waals surface area (Å²) >= 11 is 0. The van der Waals surface area contributed by atoms with E-state index in [-0.39, 0.29) is 12.5 Å². The van der Waals surface area contributed by atoms with Crippen molar-refractivity contribution in [2.75, 3.05) is 13.7 Å². The van der Waals surface area contributed by atoms with Crippen LogP contribution in [0, 0.1) is 0 Å². The lowest BCUT2D eigenvalue weighted by Crippen LogP contribution is -2.37. The molecule has 0 aliphatic heterocycles. The first kappa shape index (κ1) is 16.5. The molecule has 23 heavy (non-hydrogen) atoms. The second kappa shape index (κ2) is 7.44. The van der Waals surface area contributed by atoms with Gasteiger partial charge in [0.15, 0.2) is 0 Å². The highest BCUT2D eigenvalue weighted by atomic mass is 16.5. The summed E-state index contributed by atoms with van der Waals surface area (Å²) in [5.74, 6) is 0.556. The normalized spacial score (nSPS) is 10.3. The van der Waals surface area contributed by atoms with E-state index >= 15 is 0 Å². The third-order valence-electron chi connectivity index (χ3n) is 3.47. The van der Waals surface area contributed by atoms with Gasteiger partial charge in [0, 0.05) is 25.4 Å². The molecule has 2 aromatic rings. The Morgan fingerprint density at radius 1 is 1.22 bits per heavy atom. The van der Waals surface area contributed by atoms with E-state index in [4.69, 9.17) is 4.74 Å². The number of methoxy groups -OCH3 is 1. The van der Waals surface area contributed by atoms with Gasteiger partial charge in [-0.2, -0.15) is 0 Å². The van der Waals surface area contributed by atoms with Gasteiger partial charge in [-0.25, -0.2) is 4.79 Å². The molecule has 0 unspecified atom stereocenters. The average Bonchev–Trinajstić information content (AvgIpc) is 2.55. The van der Waals surface area contributed by atoms with Crippen LogP contribution in [0.3, 0.4) is 0 Å². The van der Waals surface area contributed by atoms with Gasteiger partial charge in [-0.3, -0.25) is 19.1 Å². The number of aromatic nitrogens is 2. The van der Waals surface area contributed by atoms with Gasteiger partial charge in [0.1, 0.15) is 12.3 Å². The fourth-order valence-electron chi connectivity index (χ4n) is 2.14. The number of H-pyrrole nitrogens is 1. The standard InChI is InChI=1S/C16H19N3O4/c1-3-18(10-12-4-6-13(23-2)7-5-12)15(21)11-19-9-8-14(20)17-16(19)22/h4-9H,3,10-11H2,1-2H3,(H,17,20,22). The molecule has 1 aromatic carbocycles. The number of aromatic amines is 1. The number of hydrogen-bond donors (Lipinski definition) is 1. The molecule has 0 saturated heterocycles. The van der Waals surface area contributed by atoms with Crippen LogP contribution in [0.25, 0.3) is 0 Å². The summed E-state index contributed by atoms with van der Waals surface area (Å²) in [5, 5.41) is 0. The minimum Gasteiger partial charge on any atom is -0.497 e. The van der Waals surface area contributed by atoms with Crippen molar-refractivity contribution >= 4 is 5.91 Å². The molecule has 122 valence electrons. The zero-order valence-corrected chi connectivity index (χ0v) is 13.1. The third-order valence-corrected chi connectivity index (χ3v) is 3.47. The van der Waals surface area contributed by atoms with Crippen LogP contribution in [0.15, 0.2) is 46.1 Å². The summed E-state index contributed by atoms with van der Waals surface area (Å²) in [4.78, 5) is 38.8. The lowest BCUT2D eigenvalue weighted by molar-refractivity contribution is -0.132.